The molecule has 0 unspecified atom stereocenters. The molecule has 0 bridgehead atoms. The molecular weight excluding hydrogens is 402 g/mol. The first kappa shape index (κ1) is 21.1. The topological polar surface area (TPSA) is 104 Å². The number of amides is 3. The lowest BCUT2D eigenvalue weighted by Crippen LogP contribution is -2.36. The molecule has 0 atom stereocenters. The second kappa shape index (κ2) is 9.75. The van der Waals surface area contributed by atoms with E-state index in [1.165, 1.54) is 16.2 Å². The average molecular weight is 423 g/mol. The van der Waals surface area contributed by atoms with Gasteiger partial charge in [-0.25, -0.2) is 9.97 Å². The average Bonchev–Trinajstić information content (AvgIpc) is 3.15. The molecule has 0 spiro atoms. The normalized spacial score (nSPS) is 10.3. The number of anilines is 2. The molecule has 0 aliphatic rings. The van der Waals surface area contributed by atoms with Crippen molar-refractivity contribution in [3.63, 3.8) is 0 Å². The first-order valence-electron chi connectivity index (χ1n) is 9.18. The van der Waals surface area contributed by atoms with Crippen LogP contribution in [0.2, 0.25) is 0 Å². The van der Waals surface area contributed by atoms with Crippen molar-refractivity contribution in [2.45, 2.75) is 13.3 Å². The Labute approximate surface area is 178 Å². The highest BCUT2D eigenvalue weighted by Crippen LogP contribution is 2.17. The lowest BCUT2D eigenvalue weighted by atomic mass is 10.2. The highest BCUT2D eigenvalue weighted by Gasteiger charge is 2.16. The van der Waals surface area contributed by atoms with Crippen LogP contribution >= 0.6 is 11.3 Å². The lowest BCUT2D eigenvalue weighted by Gasteiger charge is -2.16. The minimum absolute atomic E-state index is 0.0319. The number of aryl methyl sites for hydroxylation is 1. The number of pyridine rings is 1. The van der Waals surface area contributed by atoms with Crippen molar-refractivity contribution in [1.82, 2.24) is 14.9 Å². The third-order valence-corrected chi connectivity index (χ3v) is 4.94. The van der Waals surface area contributed by atoms with Crippen molar-refractivity contribution in [1.29, 1.82) is 0 Å². The number of benzene rings is 1. The van der Waals surface area contributed by atoms with Gasteiger partial charge in [0.05, 0.1) is 18.7 Å². The van der Waals surface area contributed by atoms with Crippen LogP contribution in [0.5, 0.6) is 0 Å². The van der Waals surface area contributed by atoms with Crippen LogP contribution in [0.1, 0.15) is 21.6 Å². The number of nitrogens with zero attached hydrogens (tertiary/aromatic N) is 3. The number of aromatic nitrogens is 2. The van der Waals surface area contributed by atoms with Crippen molar-refractivity contribution in [3.8, 4) is 0 Å². The van der Waals surface area contributed by atoms with Crippen LogP contribution in [-0.2, 0) is 16.0 Å². The fraction of sp³-hybridized carbons (Fsp3) is 0.190. The highest BCUT2D eigenvalue weighted by molar-refractivity contribution is 7.14. The minimum atomic E-state index is -0.335. The molecule has 0 aliphatic carbocycles. The Kier molecular flexibility index (Phi) is 6.87. The molecule has 3 amide bonds. The molecule has 0 radical (unpaired) electrons. The summed E-state index contributed by atoms with van der Waals surface area (Å²) in [6, 6.07) is 12.4. The third-order valence-electron chi connectivity index (χ3n) is 4.13. The molecule has 0 fully saturated rings. The van der Waals surface area contributed by atoms with Crippen molar-refractivity contribution < 1.29 is 14.4 Å². The van der Waals surface area contributed by atoms with E-state index in [9.17, 15) is 14.4 Å². The van der Waals surface area contributed by atoms with Crippen LogP contribution in [0, 0.1) is 6.92 Å². The zero-order valence-electron chi connectivity index (χ0n) is 16.6. The smallest absolute Gasteiger partial charge is 0.257 e. The molecule has 2 heterocycles. The van der Waals surface area contributed by atoms with E-state index in [1.54, 1.807) is 49.0 Å². The van der Waals surface area contributed by atoms with Crippen LogP contribution in [-0.4, -0.2) is 46.2 Å². The van der Waals surface area contributed by atoms with Gasteiger partial charge in [-0.2, -0.15) is 0 Å². The van der Waals surface area contributed by atoms with E-state index in [-0.39, 0.29) is 30.7 Å². The predicted octanol–water partition coefficient (Wildman–Crippen LogP) is 2.74. The van der Waals surface area contributed by atoms with Gasteiger partial charge in [-0.3, -0.25) is 19.7 Å². The van der Waals surface area contributed by atoms with Crippen molar-refractivity contribution in [3.05, 3.63) is 70.9 Å². The summed E-state index contributed by atoms with van der Waals surface area (Å²) in [5.41, 5.74) is 2.03. The Balaban J connectivity index is 1.50. The molecule has 0 saturated carbocycles. The monoisotopic (exact) mass is 423 g/mol. The molecule has 0 aliphatic heterocycles. The molecule has 3 aromatic rings. The molecular formula is C21H21N5O3S. The van der Waals surface area contributed by atoms with E-state index in [0.29, 0.717) is 22.2 Å². The van der Waals surface area contributed by atoms with Gasteiger partial charge in [-0.15, -0.1) is 11.3 Å². The maximum atomic E-state index is 12.4. The van der Waals surface area contributed by atoms with Crippen LogP contribution in [0.25, 0.3) is 0 Å². The number of thiazole rings is 1. The lowest BCUT2D eigenvalue weighted by molar-refractivity contribution is -0.132. The van der Waals surface area contributed by atoms with Gasteiger partial charge >= 0.3 is 0 Å². The van der Waals surface area contributed by atoms with E-state index in [2.05, 4.69) is 20.6 Å². The number of hydrogen-bond donors (Lipinski definition) is 2. The Morgan fingerprint density at radius 1 is 1.10 bits per heavy atom. The standard InChI is InChI=1S/C21H21N5O3S/c1-14-8-9-22-17(10-14)24-18(27)12-26(2)19(28)11-16-13-30-21(23-16)25-20(29)15-6-4-3-5-7-15/h3-10,13H,11-12H2,1-2H3,(H,22,24,27)(H,23,25,29). The van der Waals surface area contributed by atoms with E-state index in [1.807, 2.05) is 19.1 Å². The van der Waals surface area contributed by atoms with Gasteiger partial charge < -0.3 is 10.2 Å². The van der Waals surface area contributed by atoms with E-state index in [0.717, 1.165) is 5.56 Å². The summed E-state index contributed by atoms with van der Waals surface area (Å²) in [6.45, 7) is 1.80. The van der Waals surface area contributed by atoms with Crippen molar-refractivity contribution in [2.24, 2.45) is 0 Å². The Hall–Kier alpha value is -3.59. The molecule has 30 heavy (non-hydrogen) atoms. The number of nitrogens with one attached hydrogen (secondary N) is 2. The zero-order chi connectivity index (χ0) is 21.5. The molecule has 2 N–H and O–H groups in total. The Morgan fingerprint density at radius 2 is 1.87 bits per heavy atom. The van der Waals surface area contributed by atoms with Crippen LogP contribution in [0.4, 0.5) is 10.9 Å². The summed E-state index contributed by atoms with van der Waals surface area (Å²) in [5.74, 6) is -0.410. The fourth-order valence-corrected chi connectivity index (χ4v) is 3.29. The Bertz CT molecular complexity index is 1050. The summed E-state index contributed by atoms with van der Waals surface area (Å²) >= 11 is 1.24. The third kappa shape index (κ3) is 5.95. The second-order valence-electron chi connectivity index (χ2n) is 6.66. The highest BCUT2D eigenvalue weighted by atomic mass is 32.1. The number of likely N-dealkylation sites (N-methyl/N-ethyl adjacent to an activating group) is 1. The van der Waals surface area contributed by atoms with Gasteiger partial charge in [0.15, 0.2) is 5.13 Å². The van der Waals surface area contributed by atoms with Gasteiger partial charge in [-0.1, -0.05) is 18.2 Å². The van der Waals surface area contributed by atoms with Gasteiger partial charge in [0.2, 0.25) is 11.8 Å². The van der Waals surface area contributed by atoms with Gasteiger partial charge in [0.1, 0.15) is 5.82 Å². The number of carbonyl (C=O) groups excluding carboxylic acids is 3. The fourth-order valence-electron chi connectivity index (χ4n) is 2.58. The summed E-state index contributed by atoms with van der Waals surface area (Å²) in [6.07, 6.45) is 1.64. The largest absolute Gasteiger partial charge is 0.336 e. The first-order valence-corrected chi connectivity index (χ1v) is 10.1. The van der Waals surface area contributed by atoms with E-state index in [4.69, 9.17) is 0 Å². The molecule has 154 valence electrons. The molecule has 3 rings (SSSR count). The maximum Gasteiger partial charge on any atom is 0.257 e. The van der Waals surface area contributed by atoms with Gasteiger partial charge in [-0.05, 0) is 36.8 Å². The van der Waals surface area contributed by atoms with Gasteiger partial charge in [0, 0.05) is 24.2 Å². The summed E-state index contributed by atoms with van der Waals surface area (Å²) in [5, 5.41) is 7.51. The van der Waals surface area contributed by atoms with E-state index < -0.39 is 0 Å². The predicted molar refractivity (Wildman–Crippen MR) is 115 cm³/mol. The summed E-state index contributed by atoms with van der Waals surface area (Å²) in [4.78, 5) is 46.4. The van der Waals surface area contributed by atoms with Crippen LogP contribution in [0.15, 0.2) is 54.0 Å². The minimum Gasteiger partial charge on any atom is -0.336 e. The molecule has 9 heteroatoms. The SMILES string of the molecule is Cc1ccnc(NC(=O)CN(C)C(=O)Cc2csc(NC(=O)c3ccccc3)n2)c1. The molecule has 0 saturated heterocycles. The van der Waals surface area contributed by atoms with Crippen LogP contribution in [0.3, 0.4) is 0 Å². The Morgan fingerprint density at radius 3 is 2.60 bits per heavy atom. The first-order chi connectivity index (χ1) is 14.4. The van der Waals surface area contributed by atoms with Gasteiger partial charge in [0.25, 0.3) is 5.91 Å². The molecule has 1 aromatic carbocycles. The molecule has 8 nitrogen and oxygen atoms in total. The second-order valence-corrected chi connectivity index (χ2v) is 7.52. The summed E-state index contributed by atoms with van der Waals surface area (Å²) < 4.78 is 0. The molecule has 2 aromatic heterocycles. The maximum absolute atomic E-state index is 12.4. The number of hydrogen-bond acceptors (Lipinski definition) is 6. The van der Waals surface area contributed by atoms with Crippen LogP contribution < -0.4 is 10.6 Å². The quantitative estimate of drug-likeness (QED) is 0.608. The summed E-state index contributed by atoms with van der Waals surface area (Å²) in [7, 11) is 1.55. The van der Waals surface area contributed by atoms with E-state index >= 15 is 0 Å². The zero-order valence-corrected chi connectivity index (χ0v) is 17.4. The van der Waals surface area contributed by atoms with Crippen molar-refractivity contribution >= 4 is 40.0 Å². The number of rotatable bonds is 7. The number of carbonyl (C=O) groups is 3. The van der Waals surface area contributed by atoms with Crippen molar-refractivity contribution in [2.75, 3.05) is 24.2 Å².